The van der Waals surface area contributed by atoms with Gasteiger partial charge in [-0.25, -0.2) is 4.79 Å². The molecule has 120 valence electrons. The Bertz CT molecular complexity index is 426. The highest BCUT2D eigenvalue weighted by Crippen LogP contribution is 2.62. The molecule has 4 fully saturated rings. The first-order valence-corrected chi connectivity index (χ1v) is 8.31. The van der Waals surface area contributed by atoms with Crippen LogP contribution in [-0.4, -0.2) is 28.4 Å². The number of rotatable bonds is 2. The van der Waals surface area contributed by atoms with E-state index in [0.29, 0.717) is 11.8 Å². The van der Waals surface area contributed by atoms with Gasteiger partial charge in [-0.05, 0) is 83.5 Å². The lowest BCUT2D eigenvalue weighted by Crippen LogP contribution is -2.61. The molecule has 3 unspecified atom stereocenters. The van der Waals surface area contributed by atoms with Crippen LogP contribution in [0.2, 0.25) is 0 Å². The monoisotopic (exact) mass is 295 g/mol. The Labute approximate surface area is 127 Å². The van der Waals surface area contributed by atoms with E-state index in [-0.39, 0.29) is 17.6 Å². The van der Waals surface area contributed by atoms with E-state index in [2.05, 4.69) is 12.2 Å². The molecule has 4 aliphatic rings. The Hall–Kier alpha value is -0.770. The summed E-state index contributed by atoms with van der Waals surface area (Å²) in [7, 11) is 0. The molecule has 4 saturated carbocycles. The van der Waals surface area contributed by atoms with Crippen LogP contribution in [0.1, 0.15) is 66.2 Å². The van der Waals surface area contributed by atoms with Gasteiger partial charge in [-0.3, -0.25) is 0 Å². The number of alkyl carbamates (subject to hydrolysis) is 1. The molecular formula is C17H29NO3. The smallest absolute Gasteiger partial charge is 0.407 e. The van der Waals surface area contributed by atoms with Crippen LogP contribution in [-0.2, 0) is 4.74 Å². The zero-order valence-electron chi connectivity index (χ0n) is 13.7. The number of nitrogens with one attached hydrogen (secondary N) is 1. The van der Waals surface area contributed by atoms with E-state index < -0.39 is 11.2 Å². The van der Waals surface area contributed by atoms with Gasteiger partial charge in [0.25, 0.3) is 0 Å². The van der Waals surface area contributed by atoms with Crippen LogP contribution in [0, 0.1) is 17.3 Å². The van der Waals surface area contributed by atoms with Crippen LogP contribution >= 0.6 is 0 Å². The van der Waals surface area contributed by atoms with Crippen molar-refractivity contribution < 1.29 is 14.6 Å². The zero-order valence-corrected chi connectivity index (χ0v) is 13.7. The second kappa shape index (κ2) is 4.61. The standard InChI is InChI=1S/C17H29NO3/c1-11(18-14(19)21-15(2,3)4)16-6-12-5-13(7-16)9-17(20,8-12)10-16/h11-13,20H,5-10H2,1-4H3,(H,18,19). The summed E-state index contributed by atoms with van der Waals surface area (Å²) in [4.78, 5) is 12.0. The summed E-state index contributed by atoms with van der Waals surface area (Å²) >= 11 is 0. The van der Waals surface area contributed by atoms with Crippen molar-refractivity contribution in [1.29, 1.82) is 0 Å². The molecule has 0 heterocycles. The molecule has 0 aromatic carbocycles. The van der Waals surface area contributed by atoms with E-state index in [1.807, 2.05) is 20.8 Å². The minimum Gasteiger partial charge on any atom is -0.444 e. The molecule has 4 rings (SSSR count). The highest BCUT2D eigenvalue weighted by atomic mass is 16.6. The average Bonchev–Trinajstić information content (AvgIpc) is 2.21. The average molecular weight is 295 g/mol. The SMILES string of the molecule is CC(NC(=O)OC(C)(C)C)C12CC3CC(CC(O)(C3)C1)C2. The Balaban J connectivity index is 1.70. The summed E-state index contributed by atoms with van der Waals surface area (Å²) in [6.45, 7) is 7.72. The number of amides is 1. The summed E-state index contributed by atoms with van der Waals surface area (Å²) in [5, 5.41) is 13.8. The van der Waals surface area contributed by atoms with Crippen molar-refractivity contribution >= 4 is 6.09 Å². The Kier molecular flexibility index (Phi) is 3.32. The second-order valence-electron chi connectivity index (χ2n) is 8.92. The number of ether oxygens (including phenoxy) is 1. The lowest BCUT2D eigenvalue weighted by Gasteiger charge is -2.62. The van der Waals surface area contributed by atoms with Gasteiger partial charge in [0, 0.05) is 6.04 Å². The summed E-state index contributed by atoms with van der Waals surface area (Å²) in [6, 6.07) is 0.0600. The molecule has 4 nitrogen and oxygen atoms in total. The van der Waals surface area contributed by atoms with E-state index in [0.717, 1.165) is 32.1 Å². The quantitative estimate of drug-likeness (QED) is 0.822. The van der Waals surface area contributed by atoms with Gasteiger partial charge in [0.2, 0.25) is 0 Å². The van der Waals surface area contributed by atoms with Gasteiger partial charge in [-0.1, -0.05) is 0 Å². The molecular weight excluding hydrogens is 266 g/mol. The first kappa shape index (κ1) is 15.1. The summed E-state index contributed by atoms with van der Waals surface area (Å²) in [6.07, 6.45) is 5.98. The van der Waals surface area contributed by atoms with Crippen molar-refractivity contribution in [3.63, 3.8) is 0 Å². The molecule has 4 aliphatic carbocycles. The fourth-order valence-corrected chi connectivity index (χ4v) is 5.43. The number of aliphatic hydroxyl groups is 1. The molecule has 2 N–H and O–H groups in total. The van der Waals surface area contributed by atoms with E-state index in [9.17, 15) is 9.90 Å². The van der Waals surface area contributed by atoms with E-state index in [1.54, 1.807) is 0 Å². The van der Waals surface area contributed by atoms with Crippen LogP contribution in [0.4, 0.5) is 4.79 Å². The molecule has 0 spiro atoms. The second-order valence-corrected chi connectivity index (χ2v) is 8.92. The van der Waals surface area contributed by atoms with Crippen molar-refractivity contribution in [3.8, 4) is 0 Å². The normalized spacial score (nSPS) is 42.7. The van der Waals surface area contributed by atoms with Gasteiger partial charge in [-0.2, -0.15) is 0 Å². The number of carbonyl (C=O) groups is 1. The van der Waals surface area contributed by atoms with Crippen LogP contribution < -0.4 is 5.32 Å². The topological polar surface area (TPSA) is 58.6 Å². The first-order valence-electron chi connectivity index (χ1n) is 8.31. The third-order valence-electron chi connectivity index (χ3n) is 5.73. The van der Waals surface area contributed by atoms with Gasteiger partial charge < -0.3 is 15.2 Å². The molecule has 21 heavy (non-hydrogen) atoms. The van der Waals surface area contributed by atoms with Crippen molar-refractivity contribution in [2.75, 3.05) is 0 Å². The predicted molar refractivity (Wildman–Crippen MR) is 80.9 cm³/mol. The third-order valence-corrected chi connectivity index (χ3v) is 5.73. The molecule has 0 aromatic rings. The Morgan fingerprint density at radius 2 is 1.81 bits per heavy atom. The van der Waals surface area contributed by atoms with Crippen molar-refractivity contribution in [3.05, 3.63) is 0 Å². The maximum absolute atomic E-state index is 12.0. The molecule has 0 aliphatic heterocycles. The molecule has 0 radical (unpaired) electrons. The zero-order chi connectivity index (χ0) is 15.5. The molecule has 4 heteroatoms. The minimum absolute atomic E-state index is 0.0600. The minimum atomic E-state index is -0.478. The van der Waals surface area contributed by atoms with E-state index >= 15 is 0 Å². The lowest BCUT2D eigenvalue weighted by atomic mass is 9.46. The van der Waals surface area contributed by atoms with Crippen LogP contribution in [0.15, 0.2) is 0 Å². The van der Waals surface area contributed by atoms with Gasteiger partial charge in [0.1, 0.15) is 5.60 Å². The highest BCUT2D eigenvalue weighted by Gasteiger charge is 2.59. The van der Waals surface area contributed by atoms with E-state index in [4.69, 9.17) is 4.74 Å². The third kappa shape index (κ3) is 2.92. The number of hydrogen-bond acceptors (Lipinski definition) is 3. The van der Waals surface area contributed by atoms with Gasteiger partial charge in [-0.15, -0.1) is 0 Å². The summed E-state index contributed by atoms with van der Waals surface area (Å²) in [5.74, 6) is 1.28. The van der Waals surface area contributed by atoms with E-state index in [1.165, 1.54) is 6.42 Å². The van der Waals surface area contributed by atoms with Crippen LogP contribution in [0.5, 0.6) is 0 Å². The highest BCUT2D eigenvalue weighted by molar-refractivity contribution is 5.68. The maximum Gasteiger partial charge on any atom is 0.407 e. The molecule has 4 bridgehead atoms. The fourth-order valence-electron chi connectivity index (χ4n) is 5.43. The molecule has 3 atom stereocenters. The molecule has 0 aromatic heterocycles. The molecule has 0 saturated heterocycles. The van der Waals surface area contributed by atoms with Crippen LogP contribution in [0.25, 0.3) is 0 Å². The van der Waals surface area contributed by atoms with Gasteiger partial charge >= 0.3 is 6.09 Å². The Morgan fingerprint density at radius 1 is 1.24 bits per heavy atom. The van der Waals surface area contributed by atoms with Gasteiger partial charge in [0.05, 0.1) is 5.60 Å². The first-order chi connectivity index (χ1) is 9.59. The summed E-state index contributed by atoms with van der Waals surface area (Å²) in [5.41, 5.74) is -0.882. The van der Waals surface area contributed by atoms with Crippen molar-refractivity contribution in [2.45, 2.75) is 83.5 Å². The fraction of sp³-hybridized carbons (Fsp3) is 0.941. The lowest BCUT2D eigenvalue weighted by molar-refractivity contribution is -0.171. The van der Waals surface area contributed by atoms with Crippen LogP contribution in [0.3, 0.4) is 0 Å². The largest absolute Gasteiger partial charge is 0.444 e. The van der Waals surface area contributed by atoms with Gasteiger partial charge in [0.15, 0.2) is 0 Å². The predicted octanol–water partition coefficient (Wildman–Crippen LogP) is 3.23. The summed E-state index contributed by atoms with van der Waals surface area (Å²) < 4.78 is 5.38. The Morgan fingerprint density at radius 3 is 2.29 bits per heavy atom. The number of hydrogen-bond donors (Lipinski definition) is 2. The van der Waals surface area contributed by atoms with Crippen molar-refractivity contribution in [1.82, 2.24) is 5.32 Å². The number of carbonyl (C=O) groups excluding carboxylic acids is 1. The molecule has 1 amide bonds. The van der Waals surface area contributed by atoms with Crippen molar-refractivity contribution in [2.24, 2.45) is 17.3 Å². The maximum atomic E-state index is 12.0.